The fraction of sp³-hybridized carbons (Fsp3) is 0.435. The van der Waals surface area contributed by atoms with Crippen molar-refractivity contribution in [2.45, 2.75) is 52.1 Å². The third-order valence-corrected chi connectivity index (χ3v) is 6.90. The van der Waals surface area contributed by atoms with Crippen LogP contribution in [0, 0.1) is 18.8 Å². The first-order valence-corrected chi connectivity index (χ1v) is 11.4. The fourth-order valence-electron chi connectivity index (χ4n) is 3.33. The zero-order chi connectivity index (χ0) is 21.8. The molecule has 0 fully saturated rings. The summed E-state index contributed by atoms with van der Waals surface area (Å²) in [4.78, 5) is 12.8. The van der Waals surface area contributed by atoms with Crippen LogP contribution in [0.5, 0.6) is 0 Å². The quantitative estimate of drug-likeness (QED) is 0.700. The first kappa shape index (κ1) is 23.1. The van der Waals surface area contributed by atoms with Crippen LogP contribution in [0.15, 0.2) is 53.4 Å². The highest BCUT2D eigenvalue weighted by Gasteiger charge is 2.22. The minimum Gasteiger partial charge on any atom is -0.349 e. The maximum absolute atomic E-state index is 12.7. The van der Waals surface area contributed by atoms with E-state index in [1.54, 1.807) is 55.6 Å². The van der Waals surface area contributed by atoms with Crippen molar-refractivity contribution in [1.29, 1.82) is 0 Å². The van der Waals surface area contributed by atoms with E-state index in [0.717, 1.165) is 11.1 Å². The second-order valence-corrected chi connectivity index (χ2v) is 10.3. The second-order valence-electron chi connectivity index (χ2n) is 8.26. The van der Waals surface area contributed by atoms with E-state index in [1.165, 1.54) is 4.31 Å². The molecule has 1 amide bonds. The molecule has 2 rings (SSSR count). The van der Waals surface area contributed by atoms with Gasteiger partial charge in [-0.05, 0) is 48.6 Å². The maximum atomic E-state index is 12.7. The molecule has 158 valence electrons. The third kappa shape index (κ3) is 5.90. The largest absolute Gasteiger partial charge is 0.349 e. The van der Waals surface area contributed by atoms with Crippen LogP contribution in [-0.2, 0) is 16.6 Å². The van der Waals surface area contributed by atoms with Crippen LogP contribution in [0.2, 0.25) is 0 Å². The number of hydrogen-bond donors (Lipinski definition) is 1. The van der Waals surface area contributed by atoms with Crippen molar-refractivity contribution in [3.63, 3.8) is 0 Å². The Morgan fingerprint density at radius 1 is 0.931 bits per heavy atom. The average molecular weight is 417 g/mol. The molecule has 1 N–H and O–H groups in total. The first-order chi connectivity index (χ1) is 13.5. The van der Waals surface area contributed by atoms with Gasteiger partial charge in [0.2, 0.25) is 10.0 Å². The Morgan fingerprint density at radius 2 is 1.45 bits per heavy atom. The highest BCUT2D eigenvalue weighted by molar-refractivity contribution is 7.89. The molecule has 29 heavy (non-hydrogen) atoms. The summed E-state index contributed by atoms with van der Waals surface area (Å²) in [6.07, 6.45) is 0. The lowest BCUT2D eigenvalue weighted by atomic mass is 9.93. The predicted octanol–water partition coefficient (Wildman–Crippen LogP) is 4.23. The highest BCUT2D eigenvalue weighted by atomic mass is 32.2. The van der Waals surface area contributed by atoms with Gasteiger partial charge in [0.1, 0.15) is 0 Å². The molecule has 0 aliphatic carbocycles. The van der Waals surface area contributed by atoms with Crippen LogP contribution < -0.4 is 5.32 Å². The molecule has 2 aromatic carbocycles. The van der Waals surface area contributed by atoms with Gasteiger partial charge in [0.25, 0.3) is 5.91 Å². The number of benzene rings is 2. The van der Waals surface area contributed by atoms with E-state index in [1.807, 2.05) is 6.92 Å². The molecule has 0 heterocycles. The molecule has 0 radical (unpaired) electrons. The molecule has 0 aliphatic heterocycles. The van der Waals surface area contributed by atoms with Crippen LogP contribution in [0.4, 0.5) is 0 Å². The third-order valence-electron chi connectivity index (χ3n) is 5.08. The standard InChI is InChI=1S/C23H32N2O3S/c1-16(2)22(17(3)4)24-23(26)20-11-9-19(10-12-20)15-25(6)29(27,28)21-13-7-18(5)8-14-21/h7-14,16-17,22H,15H2,1-6H3,(H,24,26). The first-order valence-electron chi connectivity index (χ1n) is 9.95. The Morgan fingerprint density at radius 3 is 1.93 bits per heavy atom. The van der Waals surface area contributed by atoms with Gasteiger partial charge in [-0.15, -0.1) is 0 Å². The van der Waals surface area contributed by atoms with E-state index in [-0.39, 0.29) is 23.4 Å². The molecule has 0 atom stereocenters. The summed E-state index contributed by atoms with van der Waals surface area (Å²) in [6, 6.07) is 14.0. The Hall–Kier alpha value is -2.18. The van der Waals surface area contributed by atoms with E-state index < -0.39 is 10.0 Å². The Labute approximate surface area is 175 Å². The van der Waals surface area contributed by atoms with Crippen molar-refractivity contribution in [1.82, 2.24) is 9.62 Å². The molecule has 2 aromatic rings. The summed E-state index contributed by atoms with van der Waals surface area (Å²) in [5.41, 5.74) is 2.41. The predicted molar refractivity (Wildman–Crippen MR) is 117 cm³/mol. The van der Waals surface area contributed by atoms with Gasteiger partial charge in [0.15, 0.2) is 0 Å². The molecule has 0 aliphatic rings. The van der Waals surface area contributed by atoms with Crippen molar-refractivity contribution in [3.05, 3.63) is 65.2 Å². The second kappa shape index (κ2) is 9.55. The van der Waals surface area contributed by atoms with Crippen molar-refractivity contribution < 1.29 is 13.2 Å². The van der Waals surface area contributed by atoms with Crippen LogP contribution in [0.3, 0.4) is 0 Å². The average Bonchev–Trinajstić information content (AvgIpc) is 2.66. The van der Waals surface area contributed by atoms with E-state index in [0.29, 0.717) is 17.4 Å². The van der Waals surface area contributed by atoms with Crippen molar-refractivity contribution in [3.8, 4) is 0 Å². The van der Waals surface area contributed by atoms with Crippen LogP contribution in [0.1, 0.15) is 49.2 Å². The number of rotatable bonds is 8. The number of nitrogens with zero attached hydrogens (tertiary/aromatic N) is 1. The number of nitrogens with one attached hydrogen (secondary N) is 1. The lowest BCUT2D eigenvalue weighted by Crippen LogP contribution is -2.42. The monoisotopic (exact) mass is 416 g/mol. The summed E-state index contributed by atoms with van der Waals surface area (Å²) >= 11 is 0. The van der Waals surface area contributed by atoms with Gasteiger partial charge in [0.05, 0.1) is 4.90 Å². The minimum absolute atomic E-state index is 0.105. The van der Waals surface area contributed by atoms with Gasteiger partial charge >= 0.3 is 0 Å². The zero-order valence-corrected chi connectivity index (χ0v) is 19.0. The molecule has 0 bridgehead atoms. The SMILES string of the molecule is Cc1ccc(S(=O)(=O)N(C)Cc2ccc(C(=O)NC(C(C)C)C(C)C)cc2)cc1. The summed E-state index contributed by atoms with van der Waals surface area (Å²) in [5, 5.41) is 3.10. The topological polar surface area (TPSA) is 66.5 Å². The van der Waals surface area contributed by atoms with Gasteiger partial charge in [0, 0.05) is 25.2 Å². The summed E-state index contributed by atoms with van der Waals surface area (Å²) in [7, 11) is -2.00. The minimum atomic E-state index is -3.56. The van der Waals surface area contributed by atoms with Crippen LogP contribution in [-0.4, -0.2) is 31.7 Å². The number of carbonyl (C=O) groups excluding carboxylic acids is 1. The fourth-order valence-corrected chi connectivity index (χ4v) is 4.49. The number of aryl methyl sites for hydroxylation is 1. The van der Waals surface area contributed by atoms with E-state index in [2.05, 4.69) is 33.0 Å². The van der Waals surface area contributed by atoms with E-state index >= 15 is 0 Å². The molecule has 0 spiro atoms. The molecule has 0 saturated heterocycles. The van der Waals surface area contributed by atoms with Crippen molar-refractivity contribution in [2.75, 3.05) is 7.05 Å². The lowest BCUT2D eigenvalue weighted by molar-refractivity contribution is 0.0910. The van der Waals surface area contributed by atoms with Gasteiger partial charge in [-0.2, -0.15) is 4.31 Å². The molecule has 5 nitrogen and oxygen atoms in total. The van der Waals surface area contributed by atoms with Crippen molar-refractivity contribution in [2.24, 2.45) is 11.8 Å². The summed E-state index contributed by atoms with van der Waals surface area (Å²) in [6.45, 7) is 10.5. The van der Waals surface area contributed by atoms with Gasteiger partial charge in [-0.1, -0.05) is 57.5 Å². The Bertz CT molecular complexity index is 910. The molecular formula is C23H32N2O3S. The smallest absolute Gasteiger partial charge is 0.251 e. The maximum Gasteiger partial charge on any atom is 0.251 e. The molecule has 0 unspecified atom stereocenters. The van der Waals surface area contributed by atoms with Gasteiger partial charge in [-0.25, -0.2) is 8.42 Å². The van der Waals surface area contributed by atoms with E-state index in [4.69, 9.17) is 0 Å². The molecule has 0 aromatic heterocycles. The summed E-state index contributed by atoms with van der Waals surface area (Å²) < 4.78 is 26.8. The Kier molecular flexibility index (Phi) is 7.60. The summed E-state index contributed by atoms with van der Waals surface area (Å²) in [5.74, 6) is 0.585. The van der Waals surface area contributed by atoms with Gasteiger partial charge < -0.3 is 5.32 Å². The zero-order valence-electron chi connectivity index (χ0n) is 18.1. The van der Waals surface area contributed by atoms with Crippen molar-refractivity contribution >= 4 is 15.9 Å². The highest BCUT2D eigenvalue weighted by Crippen LogP contribution is 2.18. The normalized spacial score (nSPS) is 12.2. The molecule has 6 heteroatoms. The number of sulfonamides is 1. The number of amides is 1. The van der Waals surface area contributed by atoms with Crippen LogP contribution >= 0.6 is 0 Å². The number of hydrogen-bond acceptors (Lipinski definition) is 3. The lowest BCUT2D eigenvalue weighted by Gasteiger charge is -2.26. The Balaban J connectivity index is 2.08. The van der Waals surface area contributed by atoms with E-state index in [9.17, 15) is 13.2 Å². The number of carbonyl (C=O) groups is 1. The van der Waals surface area contributed by atoms with Gasteiger partial charge in [-0.3, -0.25) is 4.79 Å². The van der Waals surface area contributed by atoms with Crippen LogP contribution in [0.25, 0.3) is 0 Å². The molecular weight excluding hydrogens is 384 g/mol. The molecule has 0 saturated carbocycles.